The number of morpholine rings is 1. The lowest BCUT2D eigenvalue weighted by atomic mass is 10.1. The van der Waals surface area contributed by atoms with E-state index in [9.17, 15) is 9.59 Å². The smallest absolute Gasteiger partial charge is 0.305 e. The number of carbonyl (C=O) groups is 2. The van der Waals surface area contributed by atoms with E-state index in [1.54, 1.807) is 0 Å². The summed E-state index contributed by atoms with van der Waals surface area (Å²) in [7, 11) is 0. The minimum Gasteiger partial charge on any atom is -0.481 e. The molecule has 1 amide bonds. The van der Waals surface area contributed by atoms with Gasteiger partial charge in [0, 0.05) is 31.8 Å². The van der Waals surface area contributed by atoms with E-state index in [0.29, 0.717) is 33.0 Å². The van der Waals surface area contributed by atoms with Gasteiger partial charge in [0.25, 0.3) is 0 Å². The molecular formula is C13H22N2O5. The van der Waals surface area contributed by atoms with Crippen molar-refractivity contribution in [3.8, 4) is 0 Å². The third-order valence-corrected chi connectivity index (χ3v) is 3.69. The summed E-state index contributed by atoms with van der Waals surface area (Å²) in [6.45, 7) is 3.11. The first-order valence-electron chi connectivity index (χ1n) is 7.06. The lowest BCUT2D eigenvalue weighted by Gasteiger charge is -2.34. The fourth-order valence-corrected chi connectivity index (χ4v) is 2.59. The van der Waals surface area contributed by atoms with Crippen molar-refractivity contribution >= 4 is 11.9 Å². The third kappa shape index (κ3) is 4.73. The number of nitrogens with zero attached hydrogens (tertiary/aromatic N) is 1. The van der Waals surface area contributed by atoms with Crippen LogP contribution in [0.15, 0.2) is 0 Å². The Labute approximate surface area is 118 Å². The first-order chi connectivity index (χ1) is 9.65. The van der Waals surface area contributed by atoms with E-state index in [4.69, 9.17) is 14.6 Å². The van der Waals surface area contributed by atoms with Gasteiger partial charge in [-0.05, 0) is 12.8 Å². The van der Waals surface area contributed by atoms with Crippen molar-refractivity contribution in [1.29, 1.82) is 0 Å². The number of rotatable bonds is 5. The number of nitrogens with one attached hydrogen (secondary N) is 1. The van der Waals surface area contributed by atoms with Crippen LogP contribution in [-0.2, 0) is 19.1 Å². The first-order valence-corrected chi connectivity index (χ1v) is 7.06. The Hall–Kier alpha value is -1.18. The van der Waals surface area contributed by atoms with E-state index in [-0.39, 0.29) is 31.0 Å². The Morgan fingerprint density at radius 1 is 1.20 bits per heavy atom. The van der Waals surface area contributed by atoms with Gasteiger partial charge in [-0.1, -0.05) is 0 Å². The molecule has 0 aromatic heterocycles. The summed E-state index contributed by atoms with van der Waals surface area (Å²) in [6.07, 6.45) is 1.69. The number of amides is 1. The number of carbonyl (C=O) groups excluding carboxylic acids is 1. The number of carboxylic acid groups (broad SMARTS) is 1. The lowest BCUT2D eigenvalue weighted by molar-refractivity contribution is -0.141. The SMILES string of the molecule is O=C(O)CC1COCCN1CC(=O)NC1CCOCC1. The van der Waals surface area contributed by atoms with Crippen LogP contribution in [0.5, 0.6) is 0 Å². The van der Waals surface area contributed by atoms with Crippen LogP contribution in [0.2, 0.25) is 0 Å². The second-order valence-electron chi connectivity index (χ2n) is 5.25. The molecule has 0 aromatic rings. The molecular weight excluding hydrogens is 264 g/mol. The number of ether oxygens (including phenoxy) is 2. The summed E-state index contributed by atoms with van der Waals surface area (Å²) in [6, 6.07) is -0.0445. The Morgan fingerprint density at radius 3 is 2.65 bits per heavy atom. The minimum atomic E-state index is -0.865. The Bertz CT molecular complexity index is 344. The predicted octanol–water partition coefficient (Wildman–Crippen LogP) is -0.543. The summed E-state index contributed by atoms with van der Waals surface area (Å²) in [4.78, 5) is 24.7. The van der Waals surface area contributed by atoms with Gasteiger partial charge in [-0.25, -0.2) is 0 Å². The average Bonchev–Trinajstić information content (AvgIpc) is 2.41. The summed E-state index contributed by atoms with van der Waals surface area (Å²) in [5.41, 5.74) is 0. The lowest BCUT2D eigenvalue weighted by Crippen LogP contribution is -2.52. The zero-order chi connectivity index (χ0) is 14.4. The minimum absolute atomic E-state index is 0.00451. The molecule has 0 bridgehead atoms. The molecule has 2 fully saturated rings. The van der Waals surface area contributed by atoms with E-state index >= 15 is 0 Å². The number of aliphatic carboxylic acids is 1. The second kappa shape index (κ2) is 7.56. The quantitative estimate of drug-likeness (QED) is 0.705. The van der Waals surface area contributed by atoms with Crippen LogP contribution in [0.3, 0.4) is 0 Å². The Kier molecular flexibility index (Phi) is 5.75. The van der Waals surface area contributed by atoms with E-state index in [0.717, 1.165) is 12.8 Å². The van der Waals surface area contributed by atoms with Gasteiger partial charge >= 0.3 is 5.97 Å². The molecule has 7 heteroatoms. The number of carboxylic acids is 1. The van der Waals surface area contributed by atoms with Crippen molar-refractivity contribution in [3.05, 3.63) is 0 Å². The molecule has 0 aliphatic carbocycles. The van der Waals surface area contributed by atoms with E-state index in [2.05, 4.69) is 5.32 Å². The maximum absolute atomic E-state index is 12.0. The highest BCUT2D eigenvalue weighted by Gasteiger charge is 2.27. The zero-order valence-corrected chi connectivity index (χ0v) is 11.5. The van der Waals surface area contributed by atoms with Crippen molar-refractivity contribution < 1.29 is 24.2 Å². The second-order valence-corrected chi connectivity index (χ2v) is 5.25. The molecule has 0 saturated carbocycles. The Balaban J connectivity index is 1.79. The van der Waals surface area contributed by atoms with Gasteiger partial charge in [-0.3, -0.25) is 14.5 Å². The topological polar surface area (TPSA) is 88.1 Å². The van der Waals surface area contributed by atoms with Crippen LogP contribution in [0.4, 0.5) is 0 Å². The zero-order valence-electron chi connectivity index (χ0n) is 11.5. The van der Waals surface area contributed by atoms with Crippen LogP contribution in [0, 0.1) is 0 Å². The molecule has 2 aliphatic heterocycles. The van der Waals surface area contributed by atoms with Crippen LogP contribution >= 0.6 is 0 Å². The van der Waals surface area contributed by atoms with E-state index in [1.165, 1.54) is 0 Å². The molecule has 1 atom stereocenters. The molecule has 114 valence electrons. The maximum atomic E-state index is 12.0. The maximum Gasteiger partial charge on any atom is 0.305 e. The molecule has 2 N–H and O–H groups in total. The van der Waals surface area contributed by atoms with Crippen molar-refractivity contribution in [2.75, 3.05) is 39.5 Å². The Morgan fingerprint density at radius 2 is 1.95 bits per heavy atom. The fourth-order valence-electron chi connectivity index (χ4n) is 2.59. The molecule has 20 heavy (non-hydrogen) atoms. The summed E-state index contributed by atoms with van der Waals surface area (Å²) < 4.78 is 10.5. The average molecular weight is 286 g/mol. The highest BCUT2D eigenvalue weighted by atomic mass is 16.5. The summed E-state index contributed by atoms with van der Waals surface area (Å²) >= 11 is 0. The number of hydrogen-bond donors (Lipinski definition) is 2. The molecule has 2 heterocycles. The standard InChI is InChI=1S/C13H22N2O5/c16-12(14-10-1-4-19-5-2-10)8-15-3-6-20-9-11(15)7-13(17)18/h10-11H,1-9H2,(H,14,16)(H,17,18). The van der Waals surface area contributed by atoms with Crippen molar-refractivity contribution in [1.82, 2.24) is 10.2 Å². The van der Waals surface area contributed by atoms with Crippen LogP contribution in [0.25, 0.3) is 0 Å². The van der Waals surface area contributed by atoms with Crippen molar-refractivity contribution in [3.63, 3.8) is 0 Å². The highest BCUT2D eigenvalue weighted by molar-refractivity contribution is 5.78. The van der Waals surface area contributed by atoms with Crippen molar-refractivity contribution in [2.45, 2.75) is 31.3 Å². The first kappa shape index (κ1) is 15.2. The van der Waals surface area contributed by atoms with Gasteiger partial charge in [0.1, 0.15) is 0 Å². The van der Waals surface area contributed by atoms with Crippen LogP contribution in [-0.4, -0.2) is 73.5 Å². The molecule has 2 aliphatic rings. The van der Waals surface area contributed by atoms with Gasteiger partial charge in [-0.2, -0.15) is 0 Å². The van der Waals surface area contributed by atoms with Crippen LogP contribution in [0.1, 0.15) is 19.3 Å². The monoisotopic (exact) mass is 286 g/mol. The third-order valence-electron chi connectivity index (χ3n) is 3.69. The predicted molar refractivity (Wildman–Crippen MR) is 70.4 cm³/mol. The molecule has 0 spiro atoms. The summed E-state index contributed by atoms with van der Waals surface area (Å²) in [5, 5.41) is 11.9. The number of hydrogen-bond acceptors (Lipinski definition) is 5. The molecule has 2 rings (SSSR count). The highest BCUT2D eigenvalue weighted by Crippen LogP contribution is 2.11. The van der Waals surface area contributed by atoms with E-state index in [1.807, 2.05) is 4.90 Å². The normalized spacial score (nSPS) is 25.3. The van der Waals surface area contributed by atoms with Gasteiger partial charge < -0.3 is 19.9 Å². The molecule has 0 aromatic carbocycles. The summed E-state index contributed by atoms with van der Waals surface area (Å²) in [5.74, 6) is -0.912. The van der Waals surface area contributed by atoms with Gasteiger partial charge in [-0.15, -0.1) is 0 Å². The van der Waals surface area contributed by atoms with Crippen molar-refractivity contribution in [2.24, 2.45) is 0 Å². The largest absolute Gasteiger partial charge is 0.481 e. The molecule has 7 nitrogen and oxygen atoms in total. The van der Waals surface area contributed by atoms with Crippen LogP contribution < -0.4 is 5.32 Å². The van der Waals surface area contributed by atoms with Gasteiger partial charge in [0.2, 0.25) is 5.91 Å². The van der Waals surface area contributed by atoms with Gasteiger partial charge in [0.15, 0.2) is 0 Å². The molecule has 2 saturated heterocycles. The fraction of sp³-hybridized carbons (Fsp3) is 0.846. The van der Waals surface area contributed by atoms with Gasteiger partial charge in [0.05, 0.1) is 26.2 Å². The molecule has 1 unspecified atom stereocenters. The van der Waals surface area contributed by atoms with E-state index < -0.39 is 5.97 Å². The molecule has 0 radical (unpaired) electrons.